The van der Waals surface area contributed by atoms with E-state index in [0.29, 0.717) is 10.6 Å². The van der Waals surface area contributed by atoms with Crippen LogP contribution in [0, 0.1) is 11.3 Å². The Bertz CT molecular complexity index is 603. The zero-order valence-corrected chi connectivity index (χ0v) is 12.7. The molecule has 0 bridgehead atoms. The molecular formula is C13H10BrClN2S. The molecule has 2 rings (SSSR count). The van der Waals surface area contributed by atoms with Crippen LogP contribution in [0.2, 0.25) is 5.02 Å². The van der Waals surface area contributed by atoms with Gasteiger partial charge in [-0.1, -0.05) is 11.6 Å². The van der Waals surface area contributed by atoms with Crippen LogP contribution < -0.4 is 5.32 Å². The molecule has 0 amide bonds. The molecule has 0 saturated carbocycles. The highest BCUT2D eigenvalue weighted by Gasteiger charge is 2.09. The minimum absolute atomic E-state index is 0.189. The number of rotatable bonds is 3. The van der Waals surface area contributed by atoms with Crippen LogP contribution in [0.4, 0.5) is 5.69 Å². The first-order valence-electron chi connectivity index (χ1n) is 5.31. The van der Waals surface area contributed by atoms with Gasteiger partial charge in [-0.25, -0.2) is 0 Å². The largest absolute Gasteiger partial charge is 0.378 e. The van der Waals surface area contributed by atoms with Crippen LogP contribution >= 0.6 is 38.9 Å². The van der Waals surface area contributed by atoms with Crippen LogP contribution in [0.5, 0.6) is 0 Å². The molecule has 1 atom stereocenters. The predicted octanol–water partition coefficient (Wildman–Crippen LogP) is 5.21. The molecule has 2 nitrogen and oxygen atoms in total. The first-order chi connectivity index (χ1) is 8.60. The van der Waals surface area contributed by atoms with E-state index in [0.717, 1.165) is 9.47 Å². The molecule has 1 unspecified atom stereocenters. The Balaban J connectivity index is 2.17. The molecule has 18 heavy (non-hydrogen) atoms. The van der Waals surface area contributed by atoms with Gasteiger partial charge in [0.2, 0.25) is 0 Å². The summed E-state index contributed by atoms with van der Waals surface area (Å²) in [6, 6.07) is 11.7. The first-order valence-corrected chi connectivity index (χ1v) is 7.30. The maximum Gasteiger partial charge on any atom is 0.101 e. The van der Waals surface area contributed by atoms with E-state index < -0.39 is 0 Å². The van der Waals surface area contributed by atoms with Crippen molar-refractivity contribution in [3.63, 3.8) is 0 Å². The molecule has 0 aliphatic carbocycles. The fourth-order valence-corrected chi connectivity index (χ4v) is 3.17. The second kappa shape index (κ2) is 5.75. The summed E-state index contributed by atoms with van der Waals surface area (Å²) in [6.45, 7) is 2.08. The van der Waals surface area contributed by atoms with Gasteiger partial charge in [-0.15, -0.1) is 11.3 Å². The van der Waals surface area contributed by atoms with Crippen LogP contribution in [0.15, 0.2) is 34.1 Å². The summed E-state index contributed by atoms with van der Waals surface area (Å²) in [5, 5.41) is 12.8. The fraction of sp³-hybridized carbons (Fsp3) is 0.154. The molecule has 0 aliphatic heterocycles. The lowest BCUT2D eigenvalue weighted by molar-refractivity contribution is 0.908. The van der Waals surface area contributed by atoms with Crippen molar-refractivity contribution in [3.8, 4) is 6.07 Å². The van der Waals surface area contributed by atoms with E-state index in [1.54, 1.807) is 23.5 Å². The van der Waals surface area contributed by atoms with Gasteiger partial charge in [-0.05, 0) is 53.2 Å². The Kier molecular flexibility index (Phi) is 4.28. The quantitative estimate of drug-likeness (QED) is 0.832. The zero-order valence-electron chi connectivity index (χ0n) is 9.58. The number of halogens is 2. The lowest BCUT2D eigenvalue weighted by Crippen LogP contribution is -2.04. The SMILES string of the molecule is CC(Nc1ccc(Cl)c(C#N)c1)c1ccc(Br)s1. The fourth-order valence-electron chi connectivity index (χ4n) is 1.58. The molecule has 1 heterocycles. The van der Waals surface area contributed by atoms with Crippen molar-refractivity contribution in [2.45, 2.75) is 13.0 Å². The molecule has 92 valence electrons. The van der Waals surface area contributed by atoms with Crippen molar-refractivity contribution < 1.29 is 0 Å². The molecule has 5 heteroatoms. The average Bonchev–Trinajstić information content (AvgIpc) is 2.78. The Morgan fingerprint density at radius 2 is 2.17 bits per heavy atom. The van der Waals surface area contributed by atoms with Gasteiger partial charge < -0.3 is 5.32 Å². The summed E-state index contributed by atoms with van der Waals surface area (Å²) in [7, 11) is 0. The van der Waals surface area contributed by atoms with E-state index in [1.165, 1.54) is 4.88 Å². The normalized spacial score (nSPS) is 11.9. The first kappa shape index (κ1) is 13.4. The van der Waals surface area contributed by atoms with E-state index in [2.05, 4.69) is 40.3 Å². The van der Waals surface area contributed by atoms with E-state index in [9.17, 15) is 0 Å². The molecule has 0 saturated heterocycles. The lowest BCUT2D eigenvalue weighted by Gasteiger charge is -2.14. The van der Waals surface area contributed by atoms with E-state index in [4.69, 9.17) is 16.9 Å². The summed E-state index contributed by atoms with van der Waals surface area (Å²) in [5.74, 6) is 0. The van der Waals surface area contributed by atoms with Crippen LogP contribution in [-0.2, 0) is 0 Å². The van der Waals surface area contributed by atoms with Crippen molar-refractivity contribution in [2.75, 3.05) is 5.32 Å². The Hall–Kier alpha value is -1.02. The number of benzene rings is 1. The third-order valence-corrected chi connectivity index (χ3v) is 4.63. The highest BCUT2D eigenvalue weighted by molar-refractivity contribution is 9.11. The third kappa shape index (κ3) is 3.05. The second-order valence-electron chi connectivity index (χ2n) is 3.81. The topological polar surface area (TPSA) is 35.8 Å². The van der Waals surface area contributed by atoms with Crippen molar-refractivity contribution >= 4 is 44.6 Å². The van der Waals surface area contributed by atoms with Gasteiger partial charge in [0.05, 0.1) is 20.4 Å². The van der Waals surface area contributed by atoms with Crippen LogP contribution in [-0.4, -0.2) is 0 Å². The molecule has 0 radical (unpaired) electrons. The highest BCUT2D eigenvalue weighted by Crippen LogP contribution is 2.30. The Morgan fingerprint density at radius 3 is 2.78 bits per heavy atom. The maximum atomic E-state index is 8.93. The summed E-state index contributed by atoms with van der Waals surface area (Å²) < 4.78 is 1.11. The smallest absolute Gasteiger partial charge is 0.101 e. The summed E-state index contributed by atoms with van der Waals surface area (Å²) in [6.07, 6.45) is 0. The standard InChI is InChI=1S/C13H10BrClN2S/c1-8(12-4-5-13(14)18-12)17-10-2-3-11(15)9(6-10)7-16/h2-6,8,17H,1H3. The lowest BCUT2D eigenvalue weighted by atomic mass is 10.2. The number of nitrogens with zero attached hydrogens (tertiary/aromatic N) is 1. The molecule has 2 aromatic rings. The van der Waals surface area contributed by atoms with Gasteiger partial charge >= 0.3 is 0 Å². The van der Waals surface area contributed by atoms with Gasteiger partial charge in [0.15, 0.2) is 0 Å². The monoisotopic (exact) mass is 340 g/mol. The highest BCUT2D eigenvalue weighted by atomic mass is 79.9. The van der Waals surface area contributed by atoms with E-state index in [-0.39, 0.29) is 6.04 Å². The minimum Gasteiger partial charge on any atom is -0.378 e. The van der Waals surface area contributed by atoms with Crippen LogP contribution in [0.25, 0.3) is 0 Å². The number of nitriles is 1. The average molecular weight is 342 g/mol. The zero-order chi connectivity index (χ0) is 13.1. The minimum atomic E-state index is 0.189. The summed E-state index contributed by atoms with van der Waals surface area (Å²) in [5.41, 5.74) is 1.38. The molecule has 1 aromatic heterocycles. The van der Waals surface area contributed by atoms with Gasteiger partial charge in [-0.3, -0.25) is 0 Å². The molecule has 0 spiro atoms. The van der Waals surface area contributed by atoms with Gasteiger partial charge in [-0.2, -0.15) is 5.26 Å². The van der Waals surface area contributed by atoms with Gasteiger partial charge in [0.25, 0.3) is 0 Å². The maximum absolute atomic E-state index is 8.93. The van der Waals surface area contributed by atoms with E-state index >= 15 is 0 Å². The van der Waals surface area contributed by atoms with Crippen molar-refractivity contribution in [3.05, 3.63) is 49.6 Å². The number of anilines is 1. The predicted molar refractivity (Wildman–Crippen MR) is 80.2 cm³/mol. The molecule has 0 aliphatic rings. The molecule has 1 N–H and O–H groups in total. The third-order valence-electron chi connectivity index (χ3n) is 2.49. The van der Waals surface area contributed by atoms with E-state index in [1.807, 2.05) is 12.1 Å². The Morgan fingerprint density at radius 1 is 1.39 bits per heavy atom. The summed E-state index contributed by atoms with van der Waals surface area (Å²) in [4.78, 5) is 1.23. The number of hydrogen-bond donors (Lipinski definition) is 1. The summed E-state index contributed by atoms with van der Waals surface area (Å²) >= 11 is 11.0. The second-order valence-corrected chi connectivity index (χ2v) is 6.72. The molecule has 0 fully saturated rings. The van der Waals surface area contributed by atoms with Crippen molar-refractivity contribution in [1.82, 2.24) is 0 Å². The molecule has 1 aromatic carbocycles. The number of nitrogens with one attached hydrogen (secondary N) is 1. The number of hydrogen-bond acceptors (Lipinski definition) is 3. The molecular weight excluding hydrogens is 332 g/mol. The van der Waals surface area contributed by atoms with Crippen LogP contribution in [0.1, 0.15) is 23.4 Å². The van der Waals surface area contributed by atoms with Gasteiger partial charge in [0.1, 0.15) is 6.07 Å². The van der Waals surface area contributed by atoms with Gasteiger partial charge in [0, 0.05) is 10.6 Å². The number of thiophene rings is 1. The Labute approximate surface area is 123 Å². The van der Waals surface area contributed by atoms with Crippen molar-refractivity contribution in [2.24, 2.45) is 0 Å². The van der Waals surface area contributed by atoms with Crippen molar-refractivity contribution in [1.29, 1.82) is 5.26 Å². The van der Waals surface area contributed by atoms with Crippen LogP contribution in [0.3, 0.4) is 0 Å².